The van der Waals surface area contributed by atoms with Crippen molar-refractivity contribution in [2.75, 3.05) is 18.0 Å². The Labute approximate surface area is 155 Å². The molecule has 1 aliphatic rings. The highest BCUT2D eigenvalue weighted by atomic mass is 19.4. The van der Waals surface area contributed by atoms with Crippen LogP contribution < -0.4 is 10.2 Å². The second-order valence-electron chi connectivity index (χ2n) is 6.80. The van der Waals surface area contributed by atoms with E-state index >= 15 is 0 Å². The van der Waals surface area contributed by atoms with Crippen LogP contribution in [0.1, 0.15) is 24.2 Å². The lowest BCUT2D eigenvalue weighted by Gasteiger charge is -2.33. The predicted molar refractivity (Wildman–Crippen MR) is 97.5 cm³/mol. The fourth-order valence-corrected chi connectivity index (χ4v) is 3.42. The fourth-order valence-electron chi connectivity index (χ4n) is 3.42. The first kappa shape index (κ1) is 17.9. The molecule has 4 rings (SSSR count). The van der Waals surface area contributed by atoms with Crippen LogP contribution in [0.5, 0.6) is 0 Å². The van der Waals surface area contributed by atoms with Crippen LogP contribution in [0.15, 0.2) is 53.1 Å². The van der Waals surface area contributed by atoms with Gasteiger partial charge in [0.1, 0.15) is 17.2 Å². The second kappa shape index (κ2) is 7.23. The quantitative estimate of drug-likeness (QED) is 0.723. The summed E-state index contributed by atoms with van der Waals surface area (Å²) in [7, 11) is 0. The molecule has 1 saturated heterocycles. The first-order chi connectivity index (χ1) is 13.0. The molecule has 3 aromatic rings. The molecule has 0 amide bonds. The van der Waals surface area contributed by atoms with Crippen molar-refractivity contribution in [1.82, 2.24) is 10.3 Å². The summed E-state index contributed by atoms with van der Waals surface area (Å²) in [6.45, 7) is 2.18. The molecule has 7 heteroatoms. The molecule has 0 aliphatic carbocycles. The topological polar surface area (TPSA) is 41.3 Å². The number of para-hydroxylation sites is 1. The summed E-state index contributed by atoms with van der Waals surface area (Å²) < 4.78 is 43.7. The Kier molecular flexibility index (Phi) is 4.78. The van der Waals surface area contributed by atoms with Gasteiger partial charge >= 0.3 is 6.18 Å². The van der Waals surface area contributed by atoms with Gasteiger partial charge in [-0.15, -0.1) is 0 Å². The van der Waals surface area contributed by atoms with Gasteiger partial charge in [0.15, 0.2) is 0 Å². The van der Waals surface area contributed by atoms with Gasteiger partial charge in [-0.1, -0.05) is 18.2 Å². The van der Waals surface area contributed by atoms with Crippen LogP contribution in [0.2, 0.25) is 0 Å². The molecule has 0 atom stereocenters. The third-order valence-electron chi connectivity index (χ3n) is 4.94. The van der Waals surface area contributed by atoms with E-state index in [9.17, 15) is 13.2 Å². The Morgan fingerprint density at radius 2 is 1.89 bits per heavy atom. The molecule has 0 saturated carbocycles. The molecular formula is C20H20F3N3O. The highest BCUT2D eigenvalue weighted by molar-refractivity contribution is 5.77. The van der Waals surface area contributed by atoms with Crippen molar-refractivity contribution in [2.45, 2.75) is 31.6 Å². The van der Waals surface area contributed by atoms with Crippen molar-refractivity contribution < 1.29 is 17.6 Å². The lowest BCUT2D eigenvalue weighted by atomic mass is 10.0. The molecule has 1 N–H and O–H groups in total. The molecule has 27 heavy (non-hydrogen) atoms. The lowest BCUT2D eigenvalue weighted by Crippen LogP contribution is -2.42. The normalized spacial score (nSPS) is 16.2. The van der Waals surface area contributed by atoms with E-state index in [4.69, 9.17) is 4.42 Å². The van der Waals surface area contributed by atoms with Crippen molar-refractivity contribution in [2.24, 2.45) is 0 Å². The molecule has 1 aliphatic heterocycles. The number of hydrogen-bond acceptors (Lipinski definition) is 4. The average molecular weight is 375 g/mol. The Balaban J connectivity index is 1.29. The van der Waals surface area contributed by atoms with Crippen molar-refractivity contribution >= 4 is 16.8 Å². The number of alkyl halides is 3. The van der Waals surface area contributed by atoms with Crippen molar-refractivity contribution in [1.29, 1.82) is 0 Å². The molecule has 1 aromatic carbocycles. The molecule has 0 unspecified atom stereocenters. The molecule has 4 nitrogen and oxygen atoms in total. The van der Waals surface area contributed by atoms with Gasteiger partial charge in [-0.25, -0.2) is 4.98 Å². The molecule has 0 spiro atoms. The molecule has 2 aromatic heterocycles. The zero-order valence-electron chi connectivity index (χ0n) is 14.7. The number of hydrogen-bond donors (Lipinski definition) is 1. The van der Waals surface area contributed by atoms with Crippen molar-refractivity contribution in [3.8, 4) is 0 Å². The van der Waals surface area contributed by atoms with Gasteiger partial charge in [0.25, 0.3) is 0 Å². The highest BCUT2D eigenvalue weighted by Crippen LogP contribution is 2.30. The summed E-state index contributed by atoms with van der Waals surface area (Å²) in [4.78, 5) is 6.01. The smallest absolute Gasteiger partial charge is 0.417 e. The van der Waals surface area contributed by atoms with E-state index in [1.54, 1.807) is 0 Å². The van der Waals surface area contributed by atoms with Crippen LogP contribution in [0.4, 0.5) is 19.0 Å². The van der Waals surface area contributed by atoms with E-state index in [0.717, 1.165) is 54.9 Å². The average Bonchev–Trinajstić information content (AvgIpc) is 3.09. The lowest BCUT2D eigenvalue weighted by molar-refractivity contribution is -0.137. The maximum absolute atomic E-state index is 12.6. The number of nitrogens with zero attached hydrogens (tertiary/aromatic N) is 2. The Bertz CT molecular complexity index is 864. The standard InChI is InChI=1S/C20H20F3N3O/c21-20(22,23)15-5-6-19(25-12-15)26-9-7-16(8-10-26)24-13-17-11-14-3-1-2-4-18(14)27-17/h1-6,11-12,16,24H,7-10,13H2. The zero-order chi connectivity index (χ0) is 18.9. The minimum Gasteiger partial charge on any atom is -0.460 e. The Hall–Kier alpha value is -2.54. The summed E-state index contributed by atoms with van der Waals surface area (Å²) in [6, 6.07) is 12.9. The highest BCUT2D eigenvalue weighted by Gasteiger charge is 2.31. The molecule has 0 bridgehead atoms. The third kappa shape index (κ3) is 4.08. The molecule has 142 valence electrons. The molecular weight excluding hydrogens is 355 g/mol. The molecule has 1 fully saturated rings. The molecule has 3 heterocycles. The molecule has 0 radical (unpaired) electrons. The van der Waals surface area contributed by atoms with Gasteiger partial charge < -0.3 is 14.6 Å². The number of furan rings is 1. The Morgan fingerprint density at radius 1 is 1.11 bits per heavy atom. The summed E-state index contributed by atoms with van der Waals surface area (Å²) >= 11 is 0. The Morgan fingerprint density at radius 3 is 2.56 bits per heavy atom. The van der Waals surface area contributed by atoms with E-state index in [1.807, 2.05) is 35.2 Å². The summed E-state index contributed by atoms with van der Waals surface area (Å²) in [5.74, 6) is 1.50. The van der Waals surface area contributed by atoms with Crippen molar-refractivity contribution in [3.63, 3.8) is 0 Å². The number of halogens is 3. The van der Waals surface area contributed by atoms with Gasteiger partial charge in [0.05, 0.1) is 12.1 Å². The number of benzene rings is 1. The second-order valence-corrected chi connectivity index (χ2v) is 6.80. The largest absolute Gasteiger partial charge is 0.460 e. The first-order valence-corrected chi connectivity index (χ1v) is 8.98. The minimum absolute atomic E-state index is 0.351. The van der Waals surface area contributed by atoms with Gasteiger partial charge in [-0.3, -0.25) is 0 Å². The summed E-state index contributed by atoms with van der Waals surface area (Å²) in [6.07, 6.45) is -1.63. The van der Waals surface area contributed by atoms with E-state index in [1.165, 1.54) is 6.07 Å². The SMILES string of the molecule is FC(F)(F)c1ccc(N2CCC(NCc3cc4ccccc4o3)CC2)nc1. The minimum atomic E-state index is -4.35. The van der Waals surface area contributed by atoms with Crippen LogP contribution in [0.3, 0.4) is 0 Å². The van der Waals surface area contributed by atoms with Crippen LogP contribution in [-0.4, -0.2) is 24.1 Å². The first-order valence-electron chi connectivity index (χ1n) is 8.98. The third-order valence-corrected chi connectivity index (χ3v) is 4.94. The zero-order valence-corrected chi connectivity index (χ0v) is 14.7. The van der Waals surface area contributed by atoms with E-state index in [2.05, 4.69) is 10.3 Å². The fraction of sp³-hybridized carbons (Fsp3) is 0.350. The summed E-state index contributed by atoms with van der Waals surface area (Å²) in [5, 5.41) is 4.61. The van der Waals surface area contributed by atoms with Crippen LogP contribution in [0, 0.1) is 0 Å². The maximum atomic E-state index is 12.6. The van der Waals surface area contributed by atoms with Gasteiger partial charge in [-0.2, -0.15) is 13.2 Å². The number of nitrogens with one attached hydrogen (secondary N) is 1. The van der Waals surface area contributed by atoms with Gasteiger partial charge in [0, 0.05) is 30.7 Å². The number of anilines is 1. The van der Waals surface area contributed by atoms with Gasteiger partial charge in [-0.05, 0) is 37.1 Å². The summed E-state index contributed by atoms with van der Waals surface area (Å²) in [5.41, 5.74) is 0.172. The number of aromatic nitrogens is 1. The predicted octanol–water partition coefficient (Wildman–Crippen LogP) is 4.61. The van der Waals surface area contributed by atoms with E-state index in [-0.39, 0.29) is 0 Å². The number of rotatable bonds is 4. The number of fused-ring (bicyclic) bond motifs is 1. The van der Waals surface area contributed by atoms with Crippen LogP contribution in [-0.2, 0) is 12.7 Å². The van der Waals surface area contributed by atoms with Crippen LogP contribution >= 0.6 is 0 Å². The maximum Gasteiger partial charge on any atom is 0.417 e. The van der Waals surface area contributed by atoms with E-state index < -0.39 is 11.7 Å². The monoisotopic (exact) mass is 375 g/mol. The van der Waals surface area contributed by atoms with Gasteiger partial charge in [0.2, 0.25) is 0 Å². The number of piperidine rings is 1. The van der Waals surface area contributed by atoms with Crippen molar-refractivity contribution in [3.05, 3.63) is 60.0 Å². The van der Waals surface area contributed by atoms with E-state index in [0.29, 0.717) is 18.4 Å². The van der Waals surface area contributed by atoms with Crippen LogP contribution in [0.25, 0.3) is 11.0 Å². The number of pyridine rings is 1.